The second kappa shape index (κ2) is 4.88. The minimum absolute atomic E-state index is 0.724. The number of aromatic nitrogens is 1. The van der Waals surface area contributed by atoms with Gasteiger partial charge in [-0.15, -0.1) is 23.1 Å². The van der Waals surface area contributed by atoms with E-state index in [0.29, 0.717) is 0 Å². The Bertz CT molecular complexity index is 456. The molecular weight excluding hydrogens is 248 g/mol. The van der Waals surface area contributed by atoms with Gasteiger partial charge in [-0.1, -0.05) is 17.7 Å². The van der Waals surface area contributed by atoms with Crippen molar-refractivity contribution in [3.05, 3.63) is 34.7 Å². The summed E-state index contributed by atoms with van der Waals surface area (Å²) in [4.78, 5) is 4.38. The van der Waals surface area contributed by atoms with Crippen LogP contribution in [-0.4, -0.2) is 11.2 Å². The maximum atomic E-state index is 5.88. The third kappa shape index (κ3) is 2.87. The zero-order chi connectivity index (χ0) is 10.7. The summed E-state index contributed by atoms with van der Waals surface area (Å²) < 4.78 is 0. The molecule has 0 unspecified atom stereocenters. The van der Waals surface area contributed by atoms with Crippen molar-refractivity contribution in [2.45, 2.75) is 5.03 Å². The molecular formula is C10H9ClN2S2. The second-order valence-corrected chi connectivity index (χ2v) is 4.95. The molecule has 15 heavy (non-hydrogen) atoms. The summed E-state index contributed by atoms with van der Waals surface area (Å²) in [5, 5.41) is 7.88. The van der Waals surface area contributed by atoms with Gasteiger partial charge in [0.2, 0.25) is 0 Å². The fourth-order valence-electron chi connectivity index (χ4n) is 1.10. The predicted octanol–water partition coefficient (Wildman–Crippen LogP) is 4.26. The van der Waals surface area contributed by atoms with Crippen LogP contribution in [0.15, 0.2) is 34.7 Å². The Morgan fingerprint density at radius 1 is 1.47 bits per heavy atom. The van der Waals surface area contributed by atoms with E-state index in [1.54, 1.807) is 23.1 Å². The molecule has 0 atom stereocenters. The molecule has 0 aliphatic carbocycles. The highest BCUT2D eigenvalue weighted by molar-refractivity contribution is 7.98. The van der Waals surface area contributed by atoms with Crippen LogP contribution in [0.5, 0.6) is 0 Å². The Labute approximate surface area is 102 Å². The Kier molecular flexibility index (Phi) is 3.51. The summed E-state index contributed by atoms with van der Waals surface area (Å²) in [6, 6.07) is 7.60. The van der Waals surface area contributed by atoms with Crippen LogP contribution >= 0.6 is 34.7 Å². The van der Waals surface area contributed by atoms with E-state index in [-0.39, 0.29) is 0 Å². The molecule has 2 rings (SSSR count). The molecule has 0 saturated heterocycles. The van der Waals surface area contributed by atoms with Crippen LogP contribution in [0.3, 0.4) is 0 Å². The topological polar surface area (TPSA) is 24.9 Å². The molecule has 0 saturated carbocycles. The molecule has 0 fully saturated rings. The van der Waals surface area contributed by atoms with E-state index in [2.05, 4.69) is 10.3 Å². The Balaban J connectivity index is 2.14. The van der Waals surface area contributed by atoms with Crippen molar-refractivity contribution in [3.8, 4) is 0 Å². The van der Waals surface area contributed by atoms with Gasteiger partial charge in [-0.05, 0) is 24.5 Å². The molecule has 0 amide bonds. The third-order valence-electron chi connectivity index (χ3n) is 1.77. The maximum absolute atomic E-state index is 5.88. The number of benzene rings is 1. The van der Waals surface area contributed by atoms with Crippen molar-refractivity contribution in [1.29, 1.82) is 0 Å². The van der Waals surface area contributed by atoms with Crippen molar-refractivity contribution in [2.75, 3.05) is 11.6 Å². The van der Waals surface area contributed by atoms with Gasteiger partial charge in [-0.25, -0.2) is 4.98 Å². The fraction of sp³-hybridized carbons (Fsp3) is 0.100. The summed E-state index contributed by atoms with van der Waals surface area (Å²) >= 11 is 9.11. The van der Waals surface area contributed by atoms with E-state index in [1.807, 2.05) is 35.9 Å². The van der Waals surface area contributed by atoms with Crippen molar-refractivity contribution < 1.29 is 0 Å². The zero-order valence-corrected chi connectivity index (χ0v) is 10.4. The quantitative estimate of drug-likeness (QED) is 0.831. The lowest BCUT2D eigenvalue weighted by atomic mass is 10.3. The van der Waals surface area contributed by atoms with E-state index in [1.165, 1.54) is 0 Å². The molecule has 1 aromatic heterocycles. The standard InChI is InChI=1S/C10H9ClN2S2/c1-14-9-6-15-10(13-9)12-8-4-2-3-7(11)5-8/h2-6H,1H3,(H,12,13). The minimum Gasteiger partial charge on any atom is -0.331 e. The number of hydrogen-bond acceptors (Lipinski definition) is 4. The number of thioether (sulfide) groups is 1. The first-order valence-corrected chi connectivity index (χ1v) is 6.78. The molecule has 0 spiro atoms. The number of rotatable bonds is 3. The van der Waals surface area contributed by atoms with Gasteiger partial charge in [0.1, 0.15) is 5.03 Å². The average Bonchev–Trinajstić information content (AvgIpc) is 2.65. The van der Waals surface area contributed by atoms with Gasteiger partial charge in [-0.3, -0.25) is 0 Å². The van der Waals surface area contributed by atoms with Gasteiger partial charge in [0.25, 0.3) is 0 Å². The summed E-state index contributed by atoms with van der Waals surface area (Å²) in [6.45, 7) is 0. The monoisotopic (exact) mass is 256 g/mol. The molecule has 1 heterocycles. The highest BCUT2D eigenvalue weighted by Crippen LogP contribution is 2.26. The van der Waals surface area contributed by atoms with Gasteiger partial charge in [0.15, 0.2) is 5.13 Å². The van der Waals surface area contributed by atoms with Crippen LogP contribution in [-0.2, 0) is 0 Å². The number of anilines is 2. The third-order valence-corrected chi connectivity index (χ3v) is 3.54. The van der Waals surface area contributed by atoms with Crippen LogP contribution in [0, 0.1) is 0 Å². The van der Waals surface area contributed by atoms with Crippen molar-refractivity contribution in [1.82, 2.24) is 4.98 Å². The van der Waals surface area contributed by atoms with Gasteiger partial charge in [0.05, 0.1) is 0 Å². The van der Waals surface area contributed by atoms with Crippen LogP contribution in [0.2, 0.25) is 5.02 Å². The largest absolute Gasteiger partial charge is 0.331 e. The lowest BCUT2D eigenvalue weighted by Crippen LogP contribution is -1.88. The SMILES string of the molecule is CSc1csc(Nc2cccc(Cl)c2)n1. The highest BCUT2D eigenvalue weighted by Gasteiger charge is 2.01. The number of nitrogens with one attached hydrogen (secondary N) is 1. The molecule has 0 bridgehead atoms. The summed E-state index contributed by atoms with van der Waals surface area (Å²) in [6.07, 6.45) is 2.01. The van der Waals surface area contributed by atoms with E-state index >= 15 is 0 Å². The first-order valence-electron chi connectivity index (χ1n) is 4.30. The van der Waals surface area contributed by atoms with E-state index in [9.17, 15) is 0 Å². The van der Waals surface area contributed by atoms with Crippen LogP contribution in [0.1, 0.15) is 0 Å². The Hall–Kier alpha value is -0.710. The average molecular weight is 257 g/mol. The number of nitrogens with zero attached hydrogens (tertiary/aromatic N) is 1. The van der Waals surface area contributed by atoms with Gasteiger partial charge in [-0.2, -0.15) is 0 Å². The molecule has 2 aromatic rings. The lowest BCUT2D eigenvalue weighted by molar-refractivity contribution is 1.21. The van der Waals surface area contributed by atoms with Gasteiger partial charge >= 0.3 is 0 Å². The summed E-state index contributed by atoms with van der Waals surface area (Å²) in [5.74, 6) is 0. The Morgan fingerprint density at radius 3 is 3.00 bits per heavy atom. The van der Waals surface area contributed by atoms with Crippen LogP contribution in [0.25, 0.3) is 0 Å². The van der Waals surface area contributed by atoms with Crippen molar-refractivity contribution in [2.24, 2.45) is 0 Å². The fourth-order valence-corrected chi connectivity index (χ4v) is 2.65. The molecule has 0 aliphatic rings. The van der Waals surface area contributed by atoms with E-state index in [4.69, 9.17) is 11.6 Å². The van der Waals surface area contributed by atoms with Gasteiger partial charge in [0, 0.05) is 16.1 Å². The first-order chi connectivity index (χ1) is 7.28. The summed E-state index contributed by atoms with van der Waals surface area (Å²) in [7, 11) is 0. The molecule has 0 aliphatic heterocycles. The summed E-state index contributed by atoms with van der Waals surface area (Å²) in [5.41, 5.74) is 0.963. The molecule has 1 N–H and O–H groups in total. The maximum Gasteiger partial charge on any atom is 0.188 e. The number of halogens is 1. The molecule has 0 radical (unpaired) electrons. The smallest absolute Gasteiger partial charge is 0.188 e. The normalized spacial score (nSPS) is 10.3. The predicted molar refractivity (Wildman–Crippen MR) is 68.6 cm³/mol. The van der Waals surface area contributed by atoms with Gasteiger partial charge < -0.3 is 5.32 Å². The van der Waals surface area contributed by atoms with Crippen LogP contribution in [0.4, 0.5) is 10.8 Å². The van der Waals surface area contributed by atoms with E-state index < -0.39 is 0 Å². The molecule has 1 aromatic carbocycles. The Morgan fingerprint density at radius 2 is 2.33 bits per heavy atom. The van der Waals surface area contributed by atoms with Crippen LogP contribution < -0.4 is 5.32 Å². The lowest BCUT2D eigenvalue weighted by Gasteiger charge is -2.01. The number of thiazole rings is 1. The minimum atomic E-state index is 0.724. The first kappa shape index (κ1) is 10.8. The molecule has 78 valence electrons. The zero-order valence-electron chi connectivity index (χ0n) is 8.03. The van der Waals surface area contributed by atoms with Crippen molar-refractivity contribution >= 4 is 45.5 Å². The molecule has 2 nitrogen and oxygen atoms in total. The van der Waals surface area contributed by atoms with Crippen molar-refractivity contribution in [3.63, 3.8) is 0 Å². The highest BCUT2D eigenvalue weighted by atomic mass is 35.5. The second-order valence-electron chi connectivity index (χ2n) is 2.83. The molecule has 5 heteroatoms. The van der Waals surface area contributed by atoms with E-state index in [0.717, 1.165) is 20.9 Å². The number of hydrogen-bond donors (Lipinski definition) is 1.